The predicted octanol–water partition coefficient (Wildman–Crippen LogP) is 3.77. The number of nitrogens with one attached hydrogen (secondary N) is 1. The maximum Gasteiger partial charge on any atom is 0.490 e. The van der Waals surface area contributed by atoms with E-state index in [1.165, 1.54) is 11.2 Å². The van der Waals surface area contributed by atoms with Crippen molar-refractivity contribution < 1.29 is 32.3 Å². The molecule has 2 aromatic carbocycles. The Morgan fingerprint density at radius 2 is 1.78 bits per heavy atom. The summed E-state index contributed by atoms with van der Waals surface area (Å²) >= 11 is 0. The second-order valence-corrected chi connectivity index (χ2v) is 8.32. The standard InChI is InChI=1S/C22H24FN5O.C2HF3O2/c1-14(20(24)22(29)28-10-9-19(23)12-28)15-5-7-16(8-6-15)17-3-2-4-18(11-17)21-25-13-26-27-21;3-2(4,5)1(6)7/h2-8,11,13-14,19-20H,9-10,12,24H2,1H3,(H,25,26,27);(H,6,7)/t14-,19-,20-;/m0./s1. The minimum Gasteiger partial charge on any atom is -0.475 e. The van der Waals surface area contributed by atoms with Crippen molar-refractivity contribution in [3.05, 3.63) is 60.4 Å². The molecule has 2 heterocycles. The highest BCUT2D eigenvalue weighted by atomic mass is 19.4. The second kappa shape index (κ2) is 11.3. The molecule has 1 saturated heterocycles. The van der Waals surface area contributed by atoms with Gasteiger partial charge in [0.2, 0.25) is 5.91 Å². The number of carboxylic acids is 1. The van der Waals surface area contributed by atoms with E-state index in [0.717, 1.165) is 28.1 Å². The van der Waals surface area contributed by atoms with Crippen molar-refractivity contribution in [3.63, 3.8) is 0 Å². The van der Waals surface area contributed by atoms with Gasteiger partial charge in [-0.25, -0.2) is 14.2 Å². The first-order valence-electron chi connectivity index (χ1n) is 11.0. The first kappa shape index (κ1) is 26.8. The number of aliphatic carboxylic acids is 1. The lowest BCUT2D eigenvalue weighted by molar-refractivity contribution is -0.192. The number of likely N-dealkylation sites (tertiary alicyclic amines) is 1. The highest BCUT2D eigenvalue weighted by Gasteiger charge is 2.38. The van der Waals surface area contributed by atoms with Gasteiger partial charge in [0, 0.05) is 18.0 Å². The van der Waals surface area contributed by atoms with Crippen LogP contribution >= 0.6 is 0 Å². The number of aromatic nitrogens is 3. The topological polar surface area (TPSA) is 125 Å². The molecule has 192 valence electrons. The maximum absolute atomic E-state index is 13.4. The van der Waals surface area contributed by atoms with E-state index < -0.39 is 24.4 Å². The summed E-state index contributed by atoms with van der Waals surface area (Å²) in [7, 11) is 0. The number of alkyl halides is 4. The van der Waals surface area contributed by atoms with E-state index in [9.17, 15) is 22.4 Å². The molecule has 1 aliphatic heterocycles. The molecular formula is C24H25F4N5O3. The minimum atomic E-state index is -5.08. The largest absolute Gasteiger partial charge is 0.490 e. The Morgan fingerprint density at radius 1 is 1.14 bits per heavy atom. The lowest BCUT2D eigenvalue weighted by Gasteiger charge is -2.25. The van der Waals surface area contributed by atoms with Crippen LogP contribution in [0.1, 0.15) is 24.8 Å². The molecule has 4 N–H and O–H groups in total. The first-order chi connectivity index (χ1) is 17.0. The summed E-state index contributed by atoms with van der Waals surface area (Å²) in [5, 5.41) is 13.9. The van der Waals surface area contributed by atoms with Crippen molar-refractivity contribution >= 4 is 11.9 Å². The average molecular weight is 507 g/mol. The Balaban J connectivity index is 0.000000454. The summed E-state index contributed by atoms with van der Waals surface area (Å²) in [5.74, 6) is -2.37. The molecule has 1 aromatic heterocycles. The molecular weight excluding hydrogens is 482 g/mol. The van der Waals surface area contributed by atoms with Crippen molar-refractivity contribution in [2.75, 3.05) is 13.1 Å². The zero-order valence-electron chi connectivity index (χ0n) is 19.2. The quantitative estimate of drug-likeness (QED) is 0.452. The van der Waals surface area contributed by atoms with Crippen LogP contribution in [-0.4, -0.2) is 68.5 Å². The van der Waals surface area contributed by atoms with Crippen LogP contribution in [0.2, 0.25) is 0 Å². The molecule has 0 aliphatic carbocycles. The van der Waals surface area contributed by atoms with Crippen LogP contribution < -0.4 is 5.73 Å². The van der Waals surface area contributed by atoms with E-state index in [1.54, 1.807) is 0 Å². The fourth-order valence-corrected chi connectivity index (χ4v) is 3.72. The lowest BCUT2D eigenvalue weighted by atomic mass is 9.91. The zero-order valence-corrected chi connectivity index (χ0v) is 19.2. The SMILES string of the molecule is C[C@@H](c1ccc(-c2cccc(-c3ncn[nH]3)c2)cc1)[C@H](N)C(=O)N1CC[C@H](F)C1.O=C(O)C(F)(F)F. The number of benzene rings is 2. The Labute approximate surface area is 204 Å². The smallest absolute Gasteiger partial charge is 0.475 e. The normalized spacial score (nSPS) is 17.2. The van der Waals surface area contributed by atoms with Gasteiger partial charge < -0.3 is 15.7 Å². The number of nitrogens with zero attached hydrogens (tertiary/aromatic N) is 3. The molecule has 3 aromatic rings. The molecule has 3 atom stereocenters. The molecule has 1 amide bonds. The monoisotopic (exact) mass is 507 g/mol. The van der Waals surface area contributed by atoms with Crippen LogP contribution in [0, 0.1) is 0 Å². The second-order valence-electron chi connectivity index (χ2n) is 8.32. The molecule has 1 aliphatic rings. The van der Waals surface area contributed by atoms with Crippen LogP contribution in [0.4, 0.5) is 17.6 Å². The number of H-pyrrole nitrogens is 1. The number of carbonyl (C=O) groups excluding carboxylic acids is 1. The number of amides is 1. The molecule has 0 radical (unpaired) electrons. The van der Waals surface area contributed by atoms with Gasteiger partial charge in [-0.05, 0) is 29.2 Å². The number of hydrogen-bond donors (Lipinski definition) is 3. The van der Waals surface area contributed by atoms with Crippen LogP contribution in [-0.2, 0) is 9.59 Å². The third-order valence-electron chi connectivity index (χ3n) is 5.83. The van der Waals surface area contributed by atoms with Crippen molar-refractivity contribution in [1.82, 2.24) is 20.1 Å². The zero-order chi connectivity index (χ0) is 26.5. The lowest BCUT2D eigenvalue weighted by Crippen LogP contribution is -2.45. The van der Waals surface area contributed by atoms with E-state index in [0.29, 0.717) is 13.0 Å². The van der Waals surface area contributed by atoms with Crippen LogP contribution in [0.5, 0.6) is 0 Å². The Hall–Kier alpha value is -3.80. The molecule has 8 nitrogen and oxygen atoms in total. The Bertz CT molecular complexity index is 1170. The summed E-state index contributed by atoms with van der Waals surface area (Å²) in [5.41, 5.74) is 10.3. The highest BCUT2D eigenvalue weighted by Crippen LogP contribution is 2.27. The van der Waals surface area contributed by atoms with E-state index in [-0.39, 0.29) is 18.4 Å². The molecule has 12 heteroatoms. The number of carbonyl (C=O) groups is 2. The number of carboxylic acid groups (broad SMARTS) is 1. The fourth-order valence-electron chi connectivity index (χ4n) is 3.72. The first-order valence-corrected chi connectivity index (χ1v) is 11.0. The van der Waals surface area contributed by atoms with Crippen molar-refractivity contribution in [1.29, 1.82) is 0 Å². The number of nitrogens with two attached hydrogens (primary N) is 1. The fraction of sp³-hybridized carbons (Fsp3) is 0.333. The summed E-state index contributed by atoms with van der Waals surface area (Å²) in [6.07, 6.45) is -4.14. The van der Waals surface area contributed by atoms with Gasteiger partial charge in [0.1, 0.15) is 12.5 Å². The van der Waals surface area contributed by atoms with Gasteiger partial charge in [0.15, 0.2) is 5.82 Å². The van der Waals surface area contributed by atoms with Crippen molar-refractivity contribution in [3.8, 4) is 22.5 Å². The predicted molar refractivity (Wildman–Crippen MR) is 123 cm³/mol. The van der Waals surface area contributed by atoms with Gasteiger partial charge in [0.05, 0.1) is 12.6 Å². The number of rotatable bonds is 5. The van der Waals surface area contributed by atoms with Crippen LogP contribution in [0.25, 0.3) is 22.5 Å². The van der Waals surface area contributed by atoms with Gasteiger partial charge in [-0.3, -0.25) is 9.89 Å². The highest BCUT2D eigenvalue weighted by molar-refractivity contribution is 5.83. The van der Waals surface area contributed by atoms with Gasteiger partial charge in [0.25, 0.3) is 0 Å². The third kappa shape index (κ3) is 6.66. The maximum atomic E-state index is 13.4. The molecule has 4 rings (SSSR count). The summed E-state index contributed by atoms with van der Waals surface area (Å²) in [6, 6.07) is 15.4. The summed E-state index contributed by atoms with van der Waals surface area (Å²) in [6.45, 7) is 2.53. The van der Waals surface area contributed by atoms with Gasteiger partial charge >= 0.3 is 12.1 Å². The molecule has 36 heavy (non-hydrogen) atoms. The van der Waals surface area contributed by atoms with Crippen LogP contribution in [0.3, 0.4) is 0 Å². The minimum absolute atomic E-state index is 0.153. The van der Waals surface area contributed by atoms with Gasteiger partial charge in [-0.2, -0.15) is 18.3 Å². The summed E-state index contributed by atoms with van der Waals surface area (Å²) < 4.78 is 45.1. The number of halogens is 4. The van der Waals surface area contributed by atoms with Crippen molar-refractivity contribution in [2.24, 2.45) is 5.73 Å². The number of hydrogen-bond acceptors (Lipinski definition) is 5. The molecule has 0 spiro atoms. The number of aromatic amines is 1. The van der Waals surface area contributed by atoms with E-state index in [2.05, 4.69) is 21.2 Å². The van der Waals surface area contributed by atoms with E-state index >= 15 is 0 Å². The van der Waals surface area contributed by atoms with Crippen molar-refractivity contribution in [2.45, 2.75) is 37.7 Å². The summed E-state index contributed by atoms with van der Waals surface area (Å²) in [4.78, 5) is 27.2. The molecule has 0 saturated carbocycles. The average Bonchev–Trinajstić information content (AvgIpc) is 3.55. The van der Waals surface area contributed by atoms with E-state index in [4.69, 9.17) is 15.6 Å². The molecule has 0 bridgehead atoms. The van der Waals surface area contributed by atoms with E-state index in [1.807, 2.05) is 49.4 Å². The Morgan fingerprint density at radius 3 is 2.31 bits per heavy atom. The van der Waals surface area contributed by atoms with Crippen LogP contribution in [0.15, 0.2) is 54.9 Å². The molecule has 1 fully saturated rings. The third-order valence-corrected chi connectivity index (χ3v) is 5.83. The Kier molecular flexibility index (Phi) is 8.41. The molecule has 0 unspecified atom stereocenters. The van der Waals surface area contributed by atoms with Gasteiger partial charge in [-0.1, -0.05) is 49.4 Å². The van der Waals surface area contributed by atoms with Gasteiger partial charge in [-0.15, -0.1) is 0 Å².